The first kappa shape index (κ1) is 27.0. The van der Waals surface area contributed by atoms with Crippen LogP contribution in [0.1, 0.15) is 48.3 Å². The molecule has 1 saturated carbocycles. The third-order valence-corrected chi connectivity index (χ3v) is 8.87. The maximum absolute atomic E-state index is 13.4. The maximum Gasteiger partial charge on any atom is 0.407 e. The number of carbonyl (C=O) groups excluding carboxylic acids is 2. The average molecular weight is 554 g/mol. The number of benzene rings is 3. The van der Waals surface area contributed by atoms with Crippen LogP contribution in [0.3, 0.4) is 0 Å². The van der Waals surface area contributed by atoms with Gasteiger partial charge in [-0.3, -0.25) is 9.69 Å². The van der Waals surface area contributed by atoms with E-state index in [4.69, 9.17) is 4.74 Å². The molecule has 0 spiro atoms. The molecule has 1 heterocycles. The number of nitrogens with zero attached hydrogens (tertiary/aromatic N) is 1. The molecule has 0 radical (unpaired) electrons. The number of carbonyl (C=O) groups is 3. The normalized spacial score (nSPS) is 23.5. The molecule has 1 aliphatic heterocycles. The first-order chi connectivity index (χ1) is 19.9. The number of alkyl carbamates (subject to hydrolysis) is 1. The van der Waals surface area contributed by atoms with Crippen molar-refractivity contribution in [3.63, 3.8) is 0 Å². The van der Waals surface area contributed by atoms with Crippen molar-refractivity contribution >= 4 is 18.0 Å². The number of fused-ring (bicyclic) bond motifs is 3. The predicted molar refractivity (Wildman–Crippen MR) is 154 cm³/mol. The van der Waals surface area contributed by atoms with Crippen LogP contribution in [0.4, 0.5) is 4.79 Å². The van der Waals surface area contributed by atoms with Crippen LogP contribution in [0.15, 0.2) is 78.9 Å². The smallest absolute Gasteiger partial charge is 0.407 e. The third-order valence-electron chi connectivity index (χ3n) is 8.87. The quantitative estimate of drug-likeness (QED) is 0.378. The lowest BCUT2D eigenvalue weighted by atomic mass is 9.95. The summed E-state index contributed by atoms with van der Waals surface area (Å²) in [6.07, 6.45) is 1.77. The van der Waals surface area contributed by atoms with Crippen LogP contribution in [0.2, 0.25) is 0 Å². The van der Waals surface area contributed by atoms with E-state index in [0.717, 1.165) is 34.2 Å². The molecule has 2 aliphatic carbocycles. The molecule has 1 saturated heterocycles. The Kier molecular flexibility index (Phi) is 7.49. The van der Waals surface area contributed by atoms with E-state index in [9.17, 15) is 19.5 Å². The van der Waals surface area contributed by atoms with Crippen molar-refractivity contribution in [1.82, 2.24) is 15.5 Å². The van der Waals surface area contributed by atoms with E-state index in [1.54, 1.807) is 0 Å². The van der Waals surface area contributed by atoms with Crippen LogP contribution in [0.25, 0.3) is 11.1 Å². The number of hydrogen-bond acceptors (Lipinski definition) is 5. The number of hydrogen-bond donors (Lipinski definition) is 3. The highest BCUT2D eigenvalue weighted by atomic mass is 16.5. The molecule has 212 valence electrons. The average Bonchev–Trinajstić information content (AvgIpc) is 3.69. The summed E-state index contributed by atoms with van der Waals surface area (Å²) in [6.45, 7) is 1.64. The minimum atomic E-state index is -1.34. The summed E-state index contributed by atoms with van der Waals surface area (Å²) in [4.78, 5) is 40.8. The van der Waals surface area contributed by atoms with Crippen LogP contribution in [-0.4, -0.2) is 59.3 Å². The molecule has 2 amide bonds. The first-order valence-corrected chi connectivity index (χ1v) is 14.4. The van der Waals surface area contributed by atoms with Crippen molar-refractivity contribution in [1.29, 1.82) is 0 Å². The lowest BCUT2D eigenvalue weighted by molar-refractivity contribution is -0.147. The highest BCUT2D eigenvalue weighted by Crippen LogP contribution is 2.44. The van der Waals surface area contributed by atoms with Gasteiger partial charge in [-0.15, -0.1) is 0 Å². The van der Waals surface area contributed by atoms with Gasteiger partial charge in [0.1, 0.15) is 6.61 Å². The molecule has 0 bridgehead atoms. The number of nitrogens with one attached hydrogen (secondary N) is 2. The number of ether oxygens (including phenoxy) is 1. The Hall–Kier alpha value is -4.17. The van der Waals surface area contributed by atoms with E-state index in [1.165, 1.54) is 0 Å². The van der Waals surface area contributed by atoms with E-state index >= 15 is 0 Å². The number of likely N-dealkylation sites (tertiary alicyclic amines) is 1. The summed E-state index contributed by atoms with van der Waals surface area (Å²) in [5.41, 5.74) is 4.34. The fourth-order valence-electron chi connectivity index (χ4n) is 6.76. The molecule has 8 nitrogen and oxygen atoms in total. The fraction of sp³-hybridized carbons (Fsp3) is 0.364. The number of aliphatic carboxylic acids is 1. The monoisotopic (exact) mass is 553 g/mol. The fourth-order valence-corrected chi connectivity index (χ4v) is 6.76. The third kappa shape index (κ3) is 5.44. The van der Waals surface area contributed by atoms with Gasteiger partial charge in [-0.05, 0) is 47.1 Å². The zero-order chi connectivity index (χ0) is 28.4. The molecule has 1 unspecified atom stereocenters. The molecule has 0 aromatic heterocycles. The van der Waals surface area contributed by atoms with Crippen molar-refractivity contribution in [3.8, 4) is 11.1 Å². The highest BCUT2D eigenvalue weighted by molar-refractivity contribution is 5.89. The van der Waals surface area contributed by atoms with Gasteiger partial charge in [-0.1, -0.05) is 85.3 Å². The summed E-state index contributed by atoms with van der Waals surface area (Å²) in [7, 11) is 0. The molecule has 2 fully saturated rings. The van der Waals surface area contributed by atoms with Gasteiger partial charge in [0.05, 0.1) is 5.92 Å². The van der Waals surface area contributed by atoms with Crippen molar-refractivity contribution in [2.75, 3.05) is 19.7 Å². The van der Waals surface area contributed by atoms with Crippen molar-refractivity contribution in [3.05, 3.63) is 95.6 Å². The van der Waals surface area contributed by atoms with Crippen molar-refractivity contribution < 1.29 is 24.2 Å². The predicted octanol–water partition coefficient (Wildman–Crippen LogP) is 4.54. The second kappa shape index (κ2) is 11.4. The summed E-state index contributed by atoms with van der Waals surface area (Å²) in [5, 5.41) is 15.9. The Balaban J connectivity index is 1.06. The molecule has 3 aliphatic rings. The Morgan fingerprint density at radius 2 is 1.56 bits per heavy atom. The molecule has 6 rings (SSSR count). The molecule has 8 heteroatoms. The van der Waals surface area contributed by atoms with Gasteiger partial charge in [0, 0.05) is 31.6 Å². The molecule has 3 aromatic rings. The second-order valence-corrected chi connectivity index (χ2v) is 11.4. The number of carboxylic acid groups (broad SMARTS) is 1. The van der Waals surface area contributed by atoms with Crippen LogP contribution in [0.5, 0.6) is 0 Å². The summed E-state index contributed by atoms with van der Waals surface area (Å²) < 4.78 is 5.71. The van der Waals surface area contributed by atoms with E-state index in [2.05, 4.69) is 39.8 Å². The van der Waals surface area contributed by atoms with Crippen LogP contribution in [0, 0.1) is 5.92 Å². The number of rotatable bonds is 8. The van der Waals surface area contributed by atoms with Gasteiger partial charge in [-0.25, -0.2) is 9.59 Å². The minimum Gasteiger partial charge on any atom is -0.479 e. The van der Waals surface area contributed by atoms with Gasteiger partial charge in [0.25, 0.3) is 0 Å². The van der Waals surface area contributed by atoms with E-state index in [-0.39, 0.29) is 25.0 Å². The number of amides is 2. The van der Waals surface area contributed by atoms with Gasteiger partial charge < -0.3 is 20.5 Å². The first-order valence-electron chi connectivity index (χ1n) is 14.4. The Bertz CT molecular complexity index is 1400. The molecular formula is C33H35N3O5. The van der Waals surface area contributed by atoms with Gasteiger partial charge in [-0.2, -0.15) is 0 Å². The van der Waals surface area contributed by atoms with Gasteiger partial charge in [0.15, 0.2) is 5.54 Å². The van der Waals surface area contributed by atoms with Crippen LogP contribution >= 0.6 is 0 Å². The van der Waals surface area contributed by atoms with Gasteiger partial charge >= 0.3 is 12.1 Å². The number of carboxylic acids is 1. The van der Waals surface area contributed by atoms with Gasteiger partial charge in [0.2, 0.25) is 5.91 Å². The largest absolute Gasteiger partial charge is 0.479 e. The lowest BCUT2D eigenvalue weighted by Gasteiger charge is -2.29. The molecule has 41 heavy (non-hydrogen) atoms. The van der Waals surface area contributed by atoms with E-state index < -0.39 is 29.6 Å². The standard InChI is InChI=1S/C33H35N3O5/c37-30(35-33(31(38)39)17-18-36(21-33)19-22-9-2-1-3-10-22)27-15-8-16-29(27)34-32(40)41-20-28-25-13-6-4-11-23(25)24-12-5-7-14-26(24)28/h1-7,9-14,27-29H,8,15-21H2,(H,34,40)(H,35,37)(H,38,39)/t27-,29+,33?/m0/s1. The van der Waals surface area contributed by atoms with Crippen molar-refractivity contribution in [2.45, 2.75) is 49.7 Å². The second-order valence-electron chi connectivity index (χ2n) is 11.4. The zero-order valence-corrected chi connectivity index (χ0v) is 22.9. The van der Waals surface area contributed by atoms with Crippen molar-refractivity contribution in [2.24, 2.45) is 5.92 Å². The van der Waals surface area contributed by atoms with Crippen LogP contribution in [-0.2, 0) is 20.9 Å². The molecular weight excluding hydrogens is 518 g/mol. The topological polar surface area (TPSA) is 108 Å². The zero-order valence-electron chi connectivity index (χ0n) is 22.9. The van der Waals surface area contributed by atoms with Crippen LogP contribution < -0.4 is 10.6 Å². The SMILES string of the molecule is O=C(N[C@@H]1CCC[C@@H]1C(=O)NC1(C(=O)O)CCN(Cc2ccccc2)C1)OCC1c2ccccc2-c2ccccc21. The van der Waals surface area contributed by atoms with E-state index in [1.807, 2.05) is 54.6 Å². The Morgan fingerprint density at radius 3 is 2.24 bits per heavy atom. The molecule has 3 atom stereocenters. The van der Waals surface area contributed by atoms with E-state index in [0.29, 0.717) is 32.4 Å². The Morgan fingerprint density at radius 1 is 0.902 bits per heavy atom. The minimum absolute atomic E-state index is 0.0487. The maximum atomic E-state index is 13.4. The Labute approximate surface area is 239 Å². The summed E-state index contributed by atoms with van der Waals surface area (Å²) in [5.74, 6) is -1.90. The highest BCUT2D eigenvalue weighted by Gasteiger charge is 2.48. The summed E-state index contributed by atoms with van der Waals surface area (Å²) >= 11 is 0. The lowest BCUT2D eigenvalue weighted by Crippen LogP contribution is -2.59. The molecule has 3 aromatic carbocycles. The molecule has 3 N–H and O–H groups in total. The summed E-state index contributed by atoms with van der Waals surface area (Å²) in [6, 6.07) is 25.8.